The Morgan fingerprint density at radius 2 is 1.04 bits per heavy atom. The van der Waals surface area contributed by atoms with E-state index in [1.165, 1.54) is 0 Å². The predicted octanol–water partition coefficient (Wildman–Crippen LogP) is 3.25. The zero-order chi connectivity index (χ0) is 17.2. The summed E-state index contributed by atoms with van der Waals surface area (Å²) in [5, 5.41) is 19.0. The molecule has 0 spiro atoms. The molecule has 0 radical (unpaired) electrons. The third-order valence-corrected chi connectivity index (χ3v) is 4.15. The van der Waals surface area contributed by atoms with Crippen LogP contribution in [-0.4, -0.2) is 23.7 Å². The maximum absolute atomic E-state index is 9.50. The van der Waals surface area contributed by atoms with Gasteiger partial charge in [0.05, 0.1) is 11.4 Å². The first-order valence-electron chi connectivity index (χ1n) is 8.05. The summed E-state index contributed by atoms with van der Waals surface area (Å²) in [6, 6.07) is 27.4. The Balaban J connectivity index is 1.88. The van der Waals surface area contributed by atoms with Crippen LogP contribution in [0.4, 0.5) is 22.7 Å². The molecule has 124 valence electrons. The lowest BCUT2D eigenvalue weighted by Crippen LogP contribution is -2.44. The van der Waals surface area contributed by atoms with E-state index in [0.29, 0.717) is 0 Å². The Labute approximate surface area is 146 Å². The van der Waals surface area contributed by atoms with E-state index in [2.05, 4.69) is 0 Å². The monoisotopic (exact) mass is 332 g/mol. The van der Waals surface area contributed by atoms with E-state index in [-0.39, 0.29) is 0 Å². The zero-order valence-electron chi connectivity index (χ0n) is 13.4. The Hall–Kier alpha value is -2.80. The van der Waals surface area contributed by atoms with Gasteiger partial charge in [-0.15, -0.1) is 0 Å². The first kappa shape index (κ1) is 15.7. The second-order valence-electron chi connectivity index (χ2n) is 5.69. The fourth-order valence-electron chi connectivity index (χ4n) is 3.17. The van der Waals surface area contributed by atoms with E-state index in [1.54, 1.807) is 0 Å². The fraction of sp³-hybridized carbons (Fsp3) is 0.0526. The van der Waals surface area contributed by atoms with Crippen LogP contribution in [0.25, 0.3) is 0 Å². The van der Waals surface area contributed by atoms with Crippen LogP contribution in [0, 0.1) is 0 Å². The third-order valence-electron chi connectivity index (χ3n) is 4.15. The minimum Gasteiger partial charge on any atom is -0.402 e. The van der Waals surface area contributed by atoms with Crippen molar-refractivity contribution in [1.29, 1.82) is 0 Å². The van der Waals surface area contributed by atoms with Gasteiger partial charge in [-0.2, -0.15) is 0 Å². The molecule has 0 amide bonds. The molecule has 0 fully saturated rings. The zero-order valence-corrected chi connectivity index (χ0v) is 13.4. The second kappa shape index (κ2) is 6.60. The summed E-state index contributed by atoms with van der Waals surface area (Å²) in [4.78, 5) is 3.89. The van der Waals surface area contributed by atoms with Crippen molar-refractivity contribution in [2.75, 3.05) is 9.80 Å². The van der Waals surface area contributed by atoms with Crippen molar-refractivity contribution in [2.45, 2.75) is 6.35 Å². The predicted molar refractivity (Wildman–Crippen MR) is 98.7 cm³/mol. The average Bonchev–Trinajstić information content (AvgIpc) is 2.96. The molecule has 5 nitrogen and oxygen atoms in total. The van der Waals surface area contributed by atoms with Gasteiger partial charge in [0, 0.05) is 11.4 Å². The lowest BCUT2D eigenvalue weighted by molar-refractivity contribution is 0.130. The maximum Gasteiger partial charge on any atom is 0.636 e. The van der Waals surface area contributed by atoms with E-state index in [1.807, 2.05) is 94.7 Å². The number of hydrogen-bond donors (Lipinski definition) is 2. The van der Waals surface area contributed by atoms with Gasteiger partial charge in [0.15, 0.2) is 0 Å². The van der Waals surface area contributed by atoms with Gasteiger partial charge in [0.2, 0.25) is 6.35 Å². The number of rotatable bonds is 4. The molecule has 1 heterocycles. The molecule has 1 aliphatic heterocycles. The highest BCUT2D eigenvalue weighted by Gasteiger charge is 2.40. The quantitative estimate of drug-likeness (QED) is 0.719. The largest absolute Gasteiger partial charge is 0.636 e. The second-order valence-corrected chi connectivity index (χ2v) is 5.69. The summed E-state index contributed by atoms with van der Waals surface area (Å²) in [7, 11) is -1.89. The minimum atomic E-state index is -1.89. The molecule has 2 N–H and O–H groups in total. The highest BCUT2D eigenvalue weighted by Crippen LogP contribution is 2.47. The third kappa shape index (κ3) is 2.87. The van der Waals surface area contributed by atoms with Crippen LogP contribution >= 0.6 is 0 Å². The average molecular weight is 332 g/mol. The fourth-order valence-corrected chi connectivity index (χ4v) is 3.17. The number of anilines is 4. The van der Waals surface area contributed by atoms with E-state index >= 15 is 0 Å². The molecule has 0 aromatic heterocycles. The molecule has 0 saturated heterocycles. The normalized spacial score (nSPS) is 13.8. The molecule has 0 bridgehead atoms. The van der Waals surface area contributed by atoms with Crippen molar-refractivity contribution in [2.24, 2.45) is 0 Å². The molecular formula is C19H17BN2O3. The standard InChI is InChI=1S/C19H17BN2O3/c23-20(24)25-19-21(15-9-3-1-4-10-15)17-13-7-8-14-18(17)22(19)16-11-5-2-6-12-16/h1-14,19,23-24H. The molecule has 0 saturated carbocycles. The summed E-state index contributed by atoms with van der Waals surface area (Å²) in [6.07, 6.45) is -0.720. The number of hydrogen-bond acceptors (Lipinski definition) is 5. The van der Waals surface area contributed by atoms with Crippen molar-refractivity contribution in [3.8, 4) is 0 Å². The topological polar surface area (TPSA) is 56.2 Å². The summed E-state index contributed by atoms with van der Waals surface area (Å²) < 4.78 is 5.49. The van der Waals surface area contributed by atoms with Crippen molar-refractivity contribution in [3.05, 3.63) is 84.9 Å². The molecule has 3 aromatic rings. The number of nitrogens with zero attached hydrogens (tertiary/aromatic N) is 2. The van der Waals surface area contributed by atoms with E-state index in [9.17, 15) is 10.0 Å². The van der Waals surface area contributed by atoms with Gasteiger partial charge in [-0.25, -0.2) is 0 Å². The van der Waals surface area contributed by atoms with Crippen molar-refractivity contribution in [3.63, 3.8) is 0 Å². The molecule has 0 unspecified atom stereocenters. The number of benzene rings is 3. The summed E-state index contributed by atoms with van der Waals surface area (Å²) in [5.41, 5.74) is 3.67. The van der Waals surface area contributed by atoms with Crippen LogP contribution in [-0.2, 0) is 4.65 Å². The van der Waals surface area contributed by atoms with Crippen molar-refractivity contribution >= 4 is 30.1 Å². The van der Waals surface area contributed by atoms with Gasteiger partial charge in [0.1, 0.15) is 0 Å². The number of fused-ring (bicyclic) bond motifs is 1. The van der Waals surface area contributed by atoms with Gasteiger partial charge in [-0.05, 0) is 36.4 Å². The lowest BCUT2D eigenvalue weighted by Gasteiger charge is -2.32. The Bertz CT molecular complexity index is 779. The number of para-hydroxylation sites is 4. The Kier molecular flexibility index (Phi) is 4.15. The lowest BCUT2D eigenvalue weighted by atomic mass is 10.2. The Morgan fingerprint density at radius 3 is 1.44 bits per heavy atom. The summed E-state index contributed by atoms with van der Waals surface area (Å²) in [5.74, 6) is 0. The molecule has 0 atom stereocenters. The van der Waals surface area contributed by atoms with Crippen LogP contribution in [0.1, 0.15) is 0 Å². The van der Waals surface area contributed by atoms with Crippen LogP contribution in [0.2, 0.25) is 0 Å². The van der Waals surface area contributed by atoms with Crippen LogP contribution < -0.4 is 9.80 Å². The van der Waals surface area contributed by atoms with Crippen LogP contribution in [0.5, 0.6) is 0 Å². The highest BCUT2D eigenvalue weighted by atomic mass is 16.6. The molecule has 6 heteroatoms. The van der Waals surface area contributed by atoms with Gasteiger partial charge < -0.3 is 14.7 Å². The van der Waals surface area contributed by atoms with E-state index in [0.717, 1.165) is 22.7 Å². The Morgan fingerprint density at radius 1 is 0.640 bits per heavy atom. The van der Waals surface area contributed by atoms with Gasteiger partial charge in [-0.3, -0.25) is 9.80 Å². The van der Waals surface area contributed by atoms with Gasteiger partial charge in [0.25, 0.3) is 0 Å². The minimum absolute atomic E-state index is 0.720. The van der Waals surface area contributed by atoms with Gasteiger partial charge >= 0.3 is 7.32 Å². The summed E-state index contributed by atoms with van der Waals surface area (Å²) >= 11 is 0. The van der Waals surface area contributed by atoms with Gasteiger partial charge in [-0.1, -0.05) is 48.5 Å². The van der Waals surface area contributed by atoms with Crippen LogP contribution in [0.15, 0.2) is 84.9 Å². The van der Waals surface area contributed by atoms with Crippen LogP contribution in [0.3, 0.4) is 0 Å². The van der Waals surface area contributed by atoms with Crippen molar-refractivity contribution in [1.82, 2.24) is 0 Å². The molecule has 25 heavy (non-hydrogen) atoms. The van der Waals surface area contributed by atoms with E-state index in [4.69, 9.17) is 4.65 Å². The molecule has 3 aromatic carbocycles. The molecule has 1 aliphatic rings. The highest BCUT2D eigenvalue weighted by molar-refractivity contribution is 6.32. The first-order chi connectivity index (χ1) is 12.3. The summed E-state index contributed by atoms with van der Waals surface area (Å²) in [6.45, 7) is 0. The first-order valence-corrected chi connectivity index (χ1v) is 8.05. The molecule has 4 rings (SSSR count). The van der Waals surface area contributed by atoms with Crippen molar-refractivity contribution < 1.29 is 14.7 Å². The van der Waals surface area contributed by atoms with E-state index < -0.39 is 13.7 Å². The SMILES string of the molecule is OB(O)OC1N(c2ccccc2)c2ccccc2N1c1ccccc1. The maximum atomic E-state index is 9.50. The molecule has 0 aliphatic carbocycles. The smallest absolute Gasteiger partial charge is 0.402 e. The molecular weight excluding hydrogens is 315 g/mol.